The highest BCUT2D eigenvalue weighted by Crippen LogP contribution is 2.25. The van der Waals surface area contributed by atoms with Crippen molar-refractivity contribution in [3.8, 4) is 0 Å². The first-order chi connectivity index (χ1) is 14.1. The zero-order valence-electron chi connectivity index (χ0n) is 15.6. The van der Waals surface area contributed by atoms with Crippen molar-refractivity contribution in [1.29, 1.82) is 0 Å². The van der Waals surface area contributed by atoms with Gasteiger partial charge in [-0.15, -0.1) is 5.10 Å². The average Bonchev–Trinajstić information content (AvgIpc) is 2.66. The molecule has 1 heterocycles. The van der Waals surface area contributed by atoms with Crippen molar-refractivity contribution in [1.82, 2.24) is 15.0 Å². The zero-order valence-corrected chi connectivity index (χ0v) is 17.9. The van der Waals surface area contributed by atoms with Crippen LogP contribution in [-0.2, 0) is 21.4 Å². The molecule has 3 rings (SSSR count). The minimum atomic E-state index is -3.97. The summed E-state index contributed by atoms with van der Waals surface area (Å²) in [6.45, 7) is -0.191. The number of aryl methyl sites for hydroxylation is 1. The summed E-state index contributed by atoms with van der Waals surface area (Å²) in [4.78, 5) is 24.6. The fraction of sp³-hybridized carbons (Fsp3) is 0.222. The molecule has 0 saturated heterocycles. The summed E-state index contributed by atoms with van der Waals surface area (Å²) in [7, 11) is -3.97. The highest BCUT2D eigenvalue weighted by atomic mass is 35.5. The van der Waals surface area contributed by atoms with Gasteiger partial charge in [0.25, 0.3) is 5.56 Å². The molecular formula is C18H16Cl2N4O5S. The Morgan fingerprint density at radius 1 is 1.20 bits per heavy atom. The standard InChI is InChI=1S/C18H16Cl2N4O5S/c1-30(28,29)24(12-7-5-11(19)6-8-12)15(18(26)27)9-10-23-17(25)16-13(20)3-2-4-14(16)21-22-23/h2-8,15H,9-10H2,1H3,(H,26,27). The highest BCUT2D eigenvalue weighted by molar-refractivity contribution is 7.92. The minimum absolute atomic E-state index is 0.134. The molecule has 0 saturated carbocycles. The summed E-state index contributed by atoms with van der Waals surface area (Å²) in [6, 6.07) is 8.96. The van der Waals surface area contributed by atoms with Gasteiger partial charge in [-0.25, -0.2) is 17.9 Å². The molecule has 3 aromatic rings. The molecule has 0 radical (unpaired) electrons. The predicted molar refractivity (Wildman–Crippen MR) is 114 cm³/mol. The molecule has 12 heteroatoms. The van der Waals surface area contributed by atoms with E-state index in [4.69, 9.17) is 23.2 Å². The first-order valence-corrected chi connectivity index (χ1v) is 11.2. The van der Waals surface area contributed by atoms with E-state index in [1.54, 1.807) is 12.1 Å². The average molecular weight is 471 g/mol. The van der Waals surface area contributed by atoms with Crippen LogP contribution in [0.15, 0.2) is 47.3 Å². The van der Waals surface area contributed by atoms with Gasteiger partial charge in [0.2, 0.25) is 10.0 Å². The number of nitrogens with zero attached hydrogens (tertiary/aromatic N) is 4. The second-order valence-corrected chi connectivity index (χ2v) is 9.13. The number of hydrogen-bond donors (Lipinski definition) is 1. The number of fused-ring (bicyclic) bond motifs is 1. The highest BCUT2D eigenvalue weighted by Gasteiger charge is 2.32. The molecular weight excluding hydrogens is 455 g/mol. The monoisotopic (exact) mass is 470 g/mol. The van der Waals surface area contributed by atoms with Crippen LogP contribution in [0.1, 0.15) is 6.42 Å². The van der Waals surface area contributed by atoms with Crippen LogP contribution >= 0.6 is 23.2 Å². The number of sulfonamides is 1. The summed E-state index contributed by atoms with van der Waals surface area (Å²) in [6.07, 6.45) is 0.662. The molecule has 9 nitrogen and oxygen atoms in total. The quantitative estimate of drug-likeness (QED) is 0.562. The number of aromatic nitrogens is 3. The van der Waals surface area contributed by atoms with Gasteiger partial charge in [-0.2, -0.15) is 0 Å². The lowest BCUT2D eigenvalue weighted by molar-refractivity contribution is -0.138. The topological polar surface area (TPSA) is 122 Å². The summed E-state index contributed by atoms with van der Waals surface area (Å²) < 4.78 is 26.5. The molecule has 0 aliphatic carbocycles. The third-order valence-corrected chi connectivity index (χ3v) is 6.07. The van der Waals surface area contributed by atoms with Crippen molar-refractivity contribution >= 4 is 55.8 Å². The Morgan fingerprint density at radius 2 is 1.87 bits per heavy atom. The first-order valence-electron chi connectivity index (χ1n) is 8.59. The van der Waals surface area contributed by atoms with Gasteiger partial charge < -0.3 is 5.11 Å². The van der Waals surface area contributed by atoms with Gasteiger partial charge >= 0.3 is 5.97 Å². The number of hydrogen-bond acceptors (Lipinski definition) is 6. The number of rotatable bonds is 7. The van der Waals surface area contributed by atoms with Gasteiger partial charge in [0.05, 0.1) is 22.4 Å². The van der Waals surface area contributed by atoms with Gasteiger partial charge in [-0.05, 0) is 42.8 Å². The summed E-state index contributed by atoms with van der Waals surface area (Å²) >= 11 is 11.9. The lowest BCUT2D eigenvalue weighted by Crippen LogP contribution is -2.46. The van der Waals surface area contributed by atoms with Gasteiger partial charge in [-0.3, -0.25) is 9.10 Å². The van der Waals surface area contributed by atoms with Crippen molar-refractivity contribution in [2.45, 2.75) is 19.0 Å². The lowest BCUT2D eigenvalue weighted by Gasteiger charge is -2.28. The van der Waals surface area contributed by atoms with E-state index in [1.807, 2.05) is 0 Å². The summed E-state index contributed by atoms with van der Waals surface area (Å²) in [5.74, 6) is -1.38. The Hall–Kier alpha value is -2.69. The van der Waals surface area contributed by atoms with Gasteiger partial charge in [0, 0.05) is 11.6 Å². The smallest absolute Gasteiger partial charge is 0.327 e. The number of carboxylic acid groups (broad SMARTS) is 1. The molecule has 30 heavy (non-hydrogen) atoms. The molecule has 0 amide bonds. The Kier molecular flexibility index (Phi) is 6.30. The van der Waals surface area contributed by atoms with E-state index in [1.165, 1.54) is 30.3 Å². The van der Waals surface area contributed by atoms with E-state index in [9.17, 15) is 23.1 Å². The Balaban J connectivity index is 1.97. The largest absolute Gasteiger partial charge is 0.480 e. The maximum Gasteiger partial charge on any atom is 0.327 e. The van der Waals surface area contributed by atoms with Gasteiger partial charge in [-0.1, -0.05) is 34.5 Å². The molecule has 0 aliphatic heterocycles. The van der Waals surface area contributed by atoms with Gasteiger partial charge in [0.1, 0.15) is 11.6 Å². The van der Waals surface area contributed by atoms with Crippen LogP contribution in [0.5, 0.6) is 0 Å². The number of benzene rings is 2. The zero-order chi connectivity index (χ0) is 22.1. The van der Waals surface area contributed by atoms with E-state index >= 15 is 0 Å². The maximum absolute atomic E-state index is 12.7. The third kappa shape index (κ3) is 4.55. The minimum Gasteiger partial charge on any atom is -0.480 e. The normalized spacial score (nSPS) is 12.6. The molecule has 0 spiro atoms. The molecule has 2 aromatic carbocycles. The molecule has 1 unspecified atom stereocenters. The van der Waals surface area contributed by atoms with Crippen LogP contribution in [-0.4, -0.2) is 46.8 Å². The van der Waals surface area contributed by atoms with Crippen LogP contribution in [0, 0.1) is 0 Å². The predicted octanol–water partition coefficient (Wildman–Crippen LogP) is 2.41. The fourth-order valence-electron chi connectivity index (χ4n) is 3.00. The van der Waals surface area contributed by atoms with E-state index in [-0.39, 0.29) is 29.1 Å². The summed E-state index contributed by atoms with van der Waals surface area (Å²) in [5, 5.41) is 18.1. The molecule has 1 atom stereocenters. The lowest BCUT2D eigenvalue weighted by atomic mass is 10.2. The number of aliphatic carboxylic acids is 1. The van der Waals surface area contributed by atoms with Crippen molar-refractivity contribution in [3.63, 3.8) is 0 Å². The van der Waals surface area contributed by atoms with Crippen molar-refractivity contribution in [2.75, 3.05) is 10.6 Å². The summed E-state index contributed by atoms with van der Waals surface area (Å²) in [5.41, 5.74) is -0.112. The molecule has 0 aliphatic rings. The van der Waals surface area contributed by atoms with Crippen LogP contribution in [0.3, 0.4) is 0 Å². The maximum atomic E-state index is 12.7. The van der Waals surface area contributed by atoms with Crippen LogP contribution in [0.4, 0.5) is 5.69 Å². The molecule has 158 valence electrons. The van der Waals surface area contributed by atoms with E-state index in [0.717, 1.165) is 15.2 Å². The number of anilines is 1. The van der Waals surface area contributed by atoms with Crippen LogP contribution in [0.2, 0.25) is 10.0 Å². The van der Waals surface area contributed by atoms with Crippen LogP contribution < -0.4 is 9.86 Å². The second kappa shape index (κ2) is 8.58. The van der Waals surface area contributed by atoms with Crippen molar-refractivity contribution in [2.24, 2.45) is 0 Å². The second-order valence-electron chi connectivity index (χ2n) is 6.43. The van der Waals surface area contributed by atoms with Gasteiger partial charge in [0.15, 0.2) is 0 Å². The first kappa shape index (κ1) is 22.0. The Bertz CT molecular complexity index is 1260. The Morgan fingerprint density at radius 3 is 2.47 bits per heavy atom. The number of carbonyl (C=O) groups is 1. The van der Waals surface area contributed by atoms with Crippen molar-refractivity contribution in [3.05, 3.63) is 62.9 Å². The number of halogens is 2. The van der Waals surface area contributed by atoms with E-state index < -0.39 is 27.6 Å². The fourth-order valence-corrected chi connectivity index (χ4v) is 4.54. The SMILES string of the molecule is CS(=O)(=O)N(c1ccc(Cl)cc1)C(CCn1nnc2cccc(Cl)c2c1=O)C(=O)O. The molecule has 0 bridgehead atoms. The van der Waals surface area contributed by atoms with Crippen LogP contribution in [0.25, 0.3) is 10.9 Å². The third-order valence-electron chi connectivity index (χ3n) is 4.32. The van der Waals surface area contributed by atoms with E-state index in [0.29, 0.717) is 10.5 Å². The Labute approximate surface area is 181 Å². The van der Waals surface area contributed by atoms with E-state index in [2.05, 4.69) is 10.3 Å². The van der Waals surface area contributed by atoms with Crippen molar-refractivity contribution < 1.29 is 18.3 Å². The molecule has 0 fully saturated rings. The molecule has 1 aromatic heterocycles. The molecule has 1 N–H and O–H groups in total. The number of carboxylic acids is 1.